The maximum atomic E-state index is 5.48. The molecule has 0 radical (unpaired) electrons. The zero-order valence-corrected chi connectivity index (χ0v) is 15.6. The molecule has 0 unspecified atom stereocenters. The molecule has 0 spiro atoms. The molecular weight excluding hydrogens is 357 g/mol. The van der Waals surface area contributed by atoms with Crippen molar-refractivity contribution in [1.82, 2.24) is 0 Å². The molecule has 2 N–H and O–H groups in total. The molecule has 2 heteroatoms. The van der Waals surface area contributed by atoms with E-state index in [9.17, 15) is 0 Å². The van der Waals surface area contributed by atoms with Crippen LogP contribution >= 0.6 is 22.6 Å². The zero-order chi connectivity index (χ0) is 14.7. The lowest BCUT2D eigenvalue weighted by Crippen LogP contribution is -1.97. The number of alkyl halides is 1. The standard InChI is InChI=1S/C18H36IN/c19-17-15-13-11-9-7-5-3-1-2-4-6-8-10-12-14-16-18-20/h1-2H,3-18,20H2/b2-1-. The molecule has 0 aromatic rings. The Hall–Kier alpha value is 0.430. The van der Waals surface area contributed by atoms with E-state index in [1.54, 1.807) is 0 Å². The fraction of sp³-hybridized carbons (Fsp3) is 0.889. The smallest absolute Gasteiger partial charge is 0.000473 e. The Morgan fingerprint density at radius 2 is 0.950 bits per heavy atom. The first-order valence-electron chi connectivity index (χ1n) is 8.83. The van der Waals surface area contributed by atoms with Crippen molar-refractivity contribution in [3.05, 3.63) is 12.2 Å². The molecule has 0 bridgehead atoms. The van der Waals surface area contributed by atoms with Crippen LogP contribution in [0.5, 0.6) is 0 Å². The number of unbranched alkanes of at least 4 members (excludes halogenated alkanes) is 12. The van der Waals surface area contributed by atoms with Gasteiger partial charge < -0.3 is 5.73 Å². The first kappa shape index (κ1) is 20.4. The van der Waals surface area contributed by atoms with E-state index < -0.39 is 0 Å². The highest BCUT2D eigenvalue weighted by Crippen LogP contribution is 2.10. The van der Waals surface area contributed by atoms with Crippen molar-refractivity contribution in [3.8, 4) is 0 Å². The molecule has 0 rings (SSSR count). The van der Waals surface area contributed by atoms with E-state index in [-0.39, 0.29) is 0 Å². The maximum absolute atomic E-state index is 5.48. The van der Waals surface area contributed by atoms with Crippen molar-refractivity contribution in [2.24, 2.45) is 5.73 Å². The molecule has 120 valence electrons. The molecular formula is C18H36IN. The lowest BCUT2D eigenvalue weighted by molar-refractivity contribution is 0.599. The van der Waals surface area contributed by atoms with E-state index >= 15 is 0 Å². The van der Waals surface area contributed by atoms with Crippen molar-refractivity contribution in [2.45, 2.75) is 89.9 Å². The maximum Gasteiger partial charge on any atom is -0.000473 e. The van der Waals surface area contributed by atoms with Gasteiger partial charge in [-0.1, -0.05) is 86.1 Å². The van der Waals surface area contributed by atoms with E-state index in [1.807, 2.05) is 0 Å². The molecule has 0 fully saturated rings. The number of rotatable bonds is 16. The lowest BCUT2D eigenvalue weighted by atomic mass is 10.1. The van der Waals surface area contributed by atoms with Crippen LogP contribution in [0.4, 0.5) is 0 Å². The second kappa shape index (κ2) is 19.4. The van der Waals surface area contributed by atoms with Crippen molar-refractivity contribution in [2.75, 3.05) is 11.0 Å². The molecule has 0 atom stereocenters. The molecule has 0 aromatic carbocycles. The first-order valence-corrected chi connectivity index (χ1v) is 10.4. The topological polar surface area (TPSA) is 26.0 Å². The van der Waals surface area contributed by atoms with Gasteiger partial charge in [0.15, 0.2) is 0 Å². The quantitative estimate of drug-likeness (QED) is 0.140. The average molecular weight is 393 g/mol. The Labute approximate surface area is 141 Å². The van der Waals surface area contributed by atoms with Crippen LogP contribution in [0.15, 0.2) is 12.2 Å². The van der Waals surface area contributed by atoms with Crippen LogP contribution in [-0.4, -0.2) is 11.0 Å². The summed E-state index contributed by atoms with van der Waals surface area (Å²) < 4.78 is 1.33. The Bertz CT molecular complexity index is 172. The summed E-state index contributed by atoms with van der Waals surface area (Å²) in [6.45, 7) is 0.862. The number of hydrogen-bond donors (Lipinski definition) is 1. The summed E-state index contributed by atoms with van der Waals surface area (Å²) in [7, 11) is 0. The second-order valence-electron chi connectivity index (χ2n) is 5.77. The Balaban J connectivity index is 3.01. The highest BCUT2D eigenvalue weighted by Gasteiger charge is 1.91. The van der Waals surface area contributed by atoms with Crippen LogP contribution in [-0.2, 0) is 0 Å². The van der Waals surface area contributed by atoms with Gasteiger partial charge in [-0.05, 0) is 49.5 Å². The van der Waals surface area contributed by atoms with Gasteiger partial charge >= 0.3 is 0 Å². The SMILES string of the molecule is NCCCCCCCC/C=C\CCCCCCCCI. The van der Waals surface area contributed by atoms with Gasteiger partial charge in [0.2, 0.25) is 0 Å². The minimum absolute atomic E-state index is 0.862. The van der Waals surface area contributed by atoms with Crippen LogP contribution in [0.3, 0.4) is 0 Å². The molecule has 0 amide bonds. The van der Waals surface area contributed by atoms with Crippen molar-refractivity contribution < 1.29 is 0 Å². The predicted octanol–water partition coefficient (Wildman–Crippen LogP) is 6.40. The summed E-state index contributed by atoms with van der Waals surface area (Å²) in [6, 6.07) is 0. The van der Waals surface area contributed by atoms with Gasteiger partial charge in [-0.15, -0.1) is 0 Å². The van der Waals surface area contributed by atoms with Gasteiger partial charge in [-0.2, -0.15) is 0 Å². The Kier molecular flexibility index (Phi) is 19.8. The highest BCUT2D eigenvalue weighted by atomic mass is 127. The average Bonchev–Trinajstić information content (AvgIpc) is 2.47. The third-order valence-corrected chi connectivity index (χ3v) is 4.51. The van der Waals surface area contributed by atoms with Crippen molar-refractivity contribution in [3.63, 3.8) is 0 Å². The van der Waals surface area contributed by atoms with Gasteiger partial charge in [0.05, 0.1) is 0 Å². The van der Waals surface area contributed by atoms with Crippen LogP contribution in [0.2, 0.25) is 0 Å². The second-order valence-corrected chi connectivity index (χ2v) is 6.85. The van der Waals surface area contributed by atoms with E-state index in [0.717, 1.165) is 6.54 Å². The summed E-state index contributed by atoms with van der Waals surface area (Å²) >= 11 is 2.47. The number of halogens is 1. The predicted molar refractivity (Wildman–Crippen MR) is 102 cm³/mol. The molecule has 0 aliphatic carbocycles. The van der Waals surface area contributed by atoms with Gasteiger partial charge in [0.1, 0.15) is 0 Å². The van der Waals surface area contributed by atoms with Gasteiger partial charge in [0.25, 0.3) is 0 Å². The van der Waals surface area contributed by atoms with Gasteiger partial charge in [-0.3, -0.25) is 0 Å². The lowest BCUT2D eigenvalue weighted by Gasteiger charge is -1.99. The summed E-state index contributed by atoms with van der Waals surface area (Å²) in [4.78, 5) is 0. The third-order valence-electron chi connectivity index (χ3n) is 3.75. The van der Waals surface area contributed by atoms with E-state index in [2.05, 4.69) is 34.7 Å². The Morgan fingerprint density at radius 3 is 1.40 bits per heavy atom. The summed E-state index contributed by atoms with van der Waals surface area (Å²) in [5, 5.41) is 0. The van der Waals surface area contributed by atoms with Crippen molar-refractivity contribution >= 4 is 22.6 Å². The van der Waals surface area contributed by atoms with Crippen LogP contribution in [0.25, 0.3) is 0 Å². The summed E-state index contributed by atoms with van der Waals surface area (Å²) in [5.41, 5.74) is 5.48. The normalized spacial score (nSPS) is 11.5. The van der Waals surface area contributed by atoms with E-state index in [0.29, 0.717) is 0 Å². The van der Waals surface area contributed by atoms with Crippen LogP contribution < -0.4 is 5.73 Å². The largest absolute Gasteiger partial charge is 0.330 e. The fourth-order valence-corrected chi connectivity index (χ4v) is 2.95. The van der Waals surface area contributed by atoms with Gasteiger partial charge in [-0.25, -0.2) is 0 Å². The van der Waals surface area contributed by atoms with E-state index in [4.69, 9.17) is 5.73 Å². The molecule has 0 aliphatic rings. The highest BCUT2D eigenvalue weighted by molar-refractivity contribution is 14.1. The molecule has 0 heterocycles. The van der Waals surface area contributed by atoms with Crippen LogP contribution in [0.1, 0.15) is 89.9 Å². The molecule has 0 saturated carbocycles. The number of allylic oxidation sites excluding steroid dienone is 2. The first-order chi connectivity index (χ1) is 9.91. The summed E-state index contributed by atoms with van der Waals surface area (Å²) in [6.07, 6.45) is 24.0. The van der Waals surface area contributed by atoms with Crippen LogP contribution in [0, 0.1) is 0 Å². The molecule has 20 heavy (non-hydrogen) atoms. The number of hydrogen-bond acceptors (Lipinski definition) is 1. The minimum atomic E-state index is 0.862. The zero-order valence-electron chi connectivity index (χ0n) is 13.4. The molecule has 0 aliphatic heterocycles. The van der Waals surface area contributed by atoms with Crippen molar-refractivity contribution in [1.29, 1.82) is 0 Å². The molecule has 0 saturated heterocycles. The monoisotopic (exact) mass is 393 g/mol. The fourth-order valence-electron chi connectivity index (χ4n) is 2.41. The molecule has 1 nitrogen and oxygen atoms in total. The number of nitrogens with two attached hydrogens (primary N) is 1. The van der Waals surface area contributed by atoms with E-state index in [1.165, 1.54) is 94.3 Å². The molecule has 0 aromatic heterocycles. The third kappa shape index (κ3) is 18.4. The Morgan fingerprint density at radius 1 is 0.550 bits per heavy atom. The minimum Gasteiger partial charge on any atom is -0.330 e. The van der Waals surface area contributed by atoms with Gasteiger partial charge in [0, 0.05) is 0 Å². The summed E-state index contributed by atoms with van der Waals surface area (Å²) in [5.74, 6) is 0.